The normalized spacial score (nSPS) is 11.3. The summed E-state index contributed by atoms with van der Waals surface area (Å²) >= 11 is 0. The summed E-state index contributed by atoms with van der Waals surface area (Å²) in [6.07, 6.45) is 2.65. The van der Waals surface area contributed by atoms with Gasteiger partial charge in [0.05, 0.1) is 19.7 Å². The Morgan fingerprint density at radius 1 is 1.00 bits per heavy atom. The third kappa shape index (κ3) is 8.12. The van der Waals surface area contributed by atoms with Crippen LogP contribution >= 0.6 is 0 Å². The van der Waals surface area contributed by atoms with E-state index in [4.69, 9.17) is 14.5 Å². The lowest BCUT2D eigenvalue weighted by Gasteiger charge is -2.13. The Labute approximate surface area is 195 Å². The molecule has 0 saturated heterocycles. The molecule has 3 aromatic rings. The van der Waals surface area contributed by atoms with Gasteiger partial charge >= 0.3 is 0 Å². The van der Waals surface area contributed by atoms with Crippen LogP contribution in [0, 0.1) is 0 Å². The van der Waals surface area contributed by atoms with Crippen molar-refractivity contribution in [3.05, 3.63) is 94.4 Å². The number of methoxy groups -OCH3 is 1. The Kier molecular flexibility index (Phi) is 9.54. The van der Waals surface area contributed by atoms with E-state index >= 15 is 0 Å². The molecule has 0 aliphatic heterocycles. The fourth-order valence-electron chi connectivity index (χ4n) is 3.21. The predicted molar refractivity (Wildman–Crippen MR) is 133 cm³/mol. The number of hydrogen-bond donors (Lipinski definition) is 2. The molecule has 33 heavy (non-hydrogen) atoms. The first-order valence-electron chi connectivity index (χ1n) is 11.2. The number of nitrogens with one attached hydrogen (secondary N) is 2. The maximum absolute atomic E-state index is 11.9. The quantitative estimate of drug-likeness (QED) is 0.264. The molecular formula is C26H32N4O3. The van der Waals surface area contributed by atoms with Crippen LogP contribution < -0.4 is 20.9 Å². The molecule has 0 spiro atoms. The smallest absolute Gasteiger partial charge is 0.250 e. The van der Waals surface area contributed by atoms with E-state index in [9.17, 15) is 4.79 Å². The first kappa shape index (κ1) is 24.1. The van der Waals surface area contributed by atoms with Crippen LogP contribution in [0.3, 0.4) is 0 Å². The highest BCUT2D eigenvalue weighted by molar-refractivity contribution is 5.93. The second-order valence-electron chi connectivity index (χ2n) is 7.53. The maximum Gasteiger partial charge on any atom is 0.250 e. The Morgan fingerprint density at radius 3 is 2.58 bits per heavy atom. The van der Waals surface area contributed by atoms with Gasteiger partial charge in [0.25, 0.3) is 5.56 Å². The van der Waals surface area contributed by atoms with E-state index in [0.29, 0.717) is 32.3 Å². The van der Waals surface area contributed by atoms with Crippen LogP contribution in [0.25, 0.3) is 0 Å². The molecule has 0 atom stereocenters. The van der Waals surface area contributed by atoms with Crippen LogP contribution in [-0.4, -0.2) is 37.4 Å². The van der Waals surface area contributed by atoms with Crippen LogP contribution in [0.2, 0.25) is 0 Å². The molecule has 3 rings (SSSR count). The van der Waals surface area contributed by atoms with E-state index in [-0.39, 0.29) is 5.56 Å². The first-order chi connectivity index (χ1) is 16.2. The van der Waals surface area contributed by atoms with Crippen molar-refractivity contribution in [1.29, 1.82) is 0 Å². The predicted octanol–water partition coefficient (Wildman–Crippen LogP) is 3.89. The number of anilines is 1. The van der Waals surface area contributed by atoms with Gasteiger partial charge in [-0.15, -0.1) is 0 Å². The number of hydrogen-bond acceptors (Lipinski definition) is 4. The molecule has 0 radical (unpaired) electrons. The summed E-state index contributed by atoms with van der Waals surface area (Å²) in [5.74, 6) is 1.51. The van der Waals surface area contributed by atoms with Crippen molar-refractivity contribution in [2.75, 3.05) is 32.2 Å². The van der Waals surface area contributed by atoms with Crippen LogP contribution in [-0.2, 0) is 17.8 Å². The molecule has 0 amide bonds. The lowest BCUT2D eigenvalue weighted by molar-refractivity contribution is 0.172. The SMILES string of the molecule is CCNC(=NCc1ccc(Cn2ccccc2=O)cc1)Nc1cccc(OCCCOC)c1. The van der Waals surface area contributed by atoms with Crippen LogP contribution in [0.1, 0.15) is 24.5 Å². The molecule has 0 bridgehead atoms. The highest BCUT2D eigenvalue weighted by atomic mass is 16.5. The van der Waals surface area contributed by atoms with Gasteiger partial charge in [0.1, 0.15) is 5.75 Å². The standard InChI is InChI=1S/C26H32N4O3/c1-3-27-26(29-23-8-6-9-24(18-23)33-17-7-16-32-2)28-19-21-11-13-22(14-12-21)20-30-15-5-4-10-25(30)31/h4-6,8-15,18H,3,7,16-17,19-20H2,1-2H3,(H2,27,28,29). The van der Waals surface area contributed by atoms with E-state index in [1.54, 1.807) is 30.0 Å². The van der Waals surface area contributed by atoms with Gasteiger partial charge in [-0.2, -0.15) is 0 Å². The van der Waals surface area contributed by atoms with Crippen molar-refractivity contribution >= 4 is 11.6 Å². The lowest BCUT2D eigenvalue weighted by atomic mass is 10.1. The summed E-state index contributed by atoms with van der Waals surface area (Å²) in [7, 11) is 1.69. The highest BCUT2D eigenvalue weighted by Crippen LogP contribution is 2.17. The zero-order valence-electron chi connectivity index (χ0n) is 19.3. The molecule has 0 aliphatic carbocycles. The molecule has 0 fully saturated rings. The number of nitrogens with zero attached hydrogens (tertiary/aromatic N) is 2. The molecule has 2 aromatic carbocycles. The molecule has 1 aromatic heterocycles. The first-order valence-corrected chi connectivity index (χ1v) is 11.2. The van der Waals surface area contributed by atoms with E-state index in [0.717, 1.165) is 35.5 Å². The molecule has 0 saturated carbocycles. The Balaban J connectivity index is 1.59. The topological polar surface area (TPSA) is 76.9 Å². The third-order valence-corrected chi connectivity index (χ3v) is 4.90. The number of benzene rings is 2. The fraction of sp³-hybridized carbons (Fsp3) is 0.308. The summed E-state index contributed by atoms with van der Waals surface area (Å²) in [4.78, 5) is 16.6. The van der Waals surface area contributed by atoms with Gasteiger partial charge in [0, 0.05) is 50.7 Å². The molecule has 7 nitrogen and oxygen atoms in total. The molecular weight excluding hydrogens is 416 g/mol. The van der Waals surface area contributed by atoms with Gasteiger partial charge in [-0.1, -0.05) is 36.4 Å². The summed E-state index contributed by atoms with van der Waals surface area (Å²) in [6.45, 7) is 5.17. The molecule has 174 valence electrons. The number of pyridine rings is 1. The fourth-order valence-corrected chi connectivity index (χ4v) is 3.21. The van der Waals surface area contributed by atoms with E-state index in [2.05, 4.69) is 10.6 Å². The number of rotatable bonds is 11. The van der Waals surface area contributed by atoms with Gasteiger partial charge in [-0.3, -0.25) is 4.79 Å². The average Bonchev–Trinajstić information content (AvgIpc) is 2.83. The average molecular weight is 449 g/mol. The minimum absolute atomic E-state index is 0.00280. The van der Waals surface area contributed by atoms with E-state index < -0.39 is 0 Å². The number of guanidine groups is 1. The zero-order valence-corrected chi connectivity index (χ0v) is 19.3. The summed E-state index contributed by atoms with van der Waals surface area (Å²) in [5.41, 5.74) is 3.06. The molecule has 1 heterocycles. The van der Waals surface area contributed by atoms with Crippen molar-refractivity contribution in [2.24, 2.45) is 4.99 Å². The van der Waals surface area contributed by atoms with Crippen molar-refractivity contribution in [3.63, 3.8) is 0 Å². The number of ether oxygens (including phenoxy) is 2. The van der Waals surface area contributed by atoms with Crippen molar-refractivity contribution < 1.29 is 9.47 Å². The Morgan fingerprint density at radius 2 is 1.82 bits per heavy atom. The second-order valence-corrected chi connectivity index (χ2v) is 7.53. The van der Waals surface area contributed by atoms with Crippen molar-refractivity contribution in [1.82, 2.24) is 9.88 Å². The highest BCUT2D eigenvalue weighted by Gasteiger charge is 2.03. The van der Waals surface area contributed by atoms with Gasteiger partial charge in [-0.25, -0.2) is 4.99 Å². The minimum atomic E-state index is -0.00280. The van der Waals surface area contributed by atoms with Crippen molar-refractivity contribution in [3.8, 4) is 5.75 Å². The number of aromatic nitrogens is 1. The second kappa shape index (κ2) is 13.1. The largest absolute Gasteiger partial charge is 0.493 e. The lowest BCUT2D eigenvalue weighted by Crippen LogP contribution is -2.30. The Bertz CT molecular complexity index is 1080. The monoisotopic (exact) mass is 448 g/mol. The van der Waals surface area contributed by atoms with Crippen molar-refractivity contribution in [2.45, 2.75) is 26.4 Å². The van der Waals surface area contributed by atoms with E-state index in [1.807, 2.05) is 61.5 Å². The minimum Gasteiger partial charge on any atom is -0.493 e. The molecule has 2 N–H and O–H groups in total. The number of aliphatic imine (C=N–C) groups is 1. The summed E-state index contributed by atoms with van der Waals surface area (Å²) in [6, 6.07) is 21.2. The van der Waals surface area contributed by atoms with Gasteiger partial charge in [-0.05, 0) is 36.2 Å². The molecule has 0 unspecified atom stereocenters. The summed E-state index contributed by atoms with van der Waals surface area (Å²) in [5, 5.41) is 6.61. The van der Waals surface area contributed by atoms with E-state index in [1.165, 1.54) is 0 Å². The third-order valence-electron chi connectivity index (χ3n) is 4.90. The van der Waals surface area contributed by atoms with Gasteiger partial charge in [0.2, 0.25) is 0 Å². The zero-order chi connectivity index (χ0) is 23.3. The van der Waals surface area contributed by atoms with Gasteiger partial charge < -0.3 is 24.7 Å². The Hall–Kier alpha value is -3.58. The van der Waals surface area contributed by atoms with Crippen LogP contribution in [0.15, 0.2) is 82.7 Å². The molecule has 7 heteroatoms. The van der Waals surface area contributed by atoms with Crippen LogP contribution in [0.5, 0.6) is 5.75 Å². The summed E-state index contributed by atoms with van der Waals surface area (Å²) < 4.78 is 12.5. The van der Waals surface area contributed by atoms with Gasteiger partial charge in [0.15, 0.2) is 5.96 Å². The maximum atomic E-state index is 11.9. The molecule has 0 aliphatic rings. The van der Waals surface area contributed by atoms with Crippen LogP contribution in [0.4, 0.5) is 5.69 Å².